The number of aryl methyl sites for hydroxylation is 2. The minimum atomic E-state index is -5.33. The molecule has 3 heterocycles. The van der Waals surface area contributed by atoms with Crippen LogP contribution in [0.3, 0.4) is 0 Å². The number of ether oxygens (including phenoxy) is 2. The first-order valence-corrected chi connectivity index (χ1v) is 16.4. The van der Waals surface area contributed by atoms with Crippen LogP contribution in [0.1, 0.15) is 40.1 Å². The van der Waals surface area contributed by atoms with Crippen LogP contribution in [0.4, 0.5) is 18.9 Å². The Labute approximate surface area is 274 Å². The van der Waals surface area contributed by atoms with Crippen molar-refractivity contribution >= 4 is 33.5 Å². The molecule has 0 radical (unpaired) electrons. The number of piperazine rings is 1. The van der Waals surface area contributed by atoms with Gasteiger partial charge in [-0.25, -0.2) is 13.2 Å². The number of rotatable bonds is 11. The van der Waals surface area contributed by atoms with E-state index in [4.69, 9.17) is 9.15 Å². The summed E-state index contributed by atoms with van der Waals surface area (Å²) in [5.41, 5.74) is 1.41. The monoisotopic (exact) mass is 693 g/mol. The third kappa shape index (κ3) is 7.79. The number of sulfonamides is 1. The molecular formula is C31H34F3N5O8S. The first kappa shape index (κ1) is 34.8. The lowest BCUT2D eigenvalue weighted by Gasteiger charge is -2.37. The van der Waals surface area contributed by atoms with E-state index in [9.17, 15) is 36.0 Å². The van der Waals surface area contributed by atoms with Crippen LogP contribution < -0.4 is 10.1 Å². The number of amides is 2. The number of halogens is 3. The van der Waals surface area contributed by atoms with E-state index in [0.717, 1.165) is 0 Å². The first-order valence-electron chi connectivity index (χ1n) is 15.0. The molecule has 1 atom stereocenters. The molecule has 1 saturated heterocycles. The van der Waals surface area contributed by atoms with Crippen molar-refractivity contribution in [1.82, 2.24) is 19.1 Å². The lowest BCUT2D eigenvalue weighted by molar-refractivity contribution is -0.213. The number of pyridine rings is 1. The average molecular weight is 694 g/mol. The molecule has 2 amide bonds. The fourth-order valence-electron chi connectivity index (χ4n) is 5.50. The van der Waals surface area contributed by atoms with Gasteiger partial charge in [0.1, 0.15) is 17.8 Å². The molecule has 1 N–H and O–H groups in total. The lowest BCUT2D eigenvalue weighted by Crippen LogP contribution is -2.56. The van der Waals surface area contributed by atoms with Gasteiger partial charge in [-0.1, -0.05) is 0 Å². The van der Waals surface area contributed by atoms with E-state index >= 15 is 0 Å². The summed E-state index contributed by atoms with van der Waals surface area (Å²) in [6, 6.07) is 7.52. The number of furan rings is 1. The average Bonchev–Trinajstić information content (AvgIpc) is 3.77. The van der Waals surface area contributed by atoms with Crippen molar-refractivity contribution in [3.05, 3.63) is 71.4 Å². The van der Waals surface area contributed by atoms with Crippen molar-refractivity contribution < 1.29 is 49.9 Å². The molecule has 3 aromatic rings. The van der Waals surface area contributed by atoms with Gasteiger partial charge in [0.15, 0.2) is 0 Å². The van der Waals surface area contributed by atoms with E-state index in [0.29, 0.717) is 29.7 Å². The summed E-state index contributed by atoms with van der Waals surface area (Å²) in [5.74, 6) is -3.21. The number of nitrogens with zero attached hydrogens (tertiary/aromatic N) is 4. The largest absolute Gasteiger partial charge is 0.497 e. The van der Waals surface area contributed by atoms with Crippen LogP contribution in [0, 0.1) is 13.8 Å². The van der Waals surface area contributed by atoms with Gasteiger partial charge in [-0.2, -0.15) is 17.5 Å². The smallest absolute Gasteiger partial charge is 0.490 e. The van der Waals surface area contributed by atoms with E-state index in [-0.39, 0.29) is 60.7 Å². The summed E-state index contributed by atoms with van der Waals surface area (Å²) < 4.78 is 83.6. The molecule has 1 aliphatic carbocycles. The third-order valence-corrected chi connectivity index (χ3v) is 10.1. The molecule has 1 aliphatic heterocycles. The van der Waals surface area contributed by atoms with Crippen LogP contribution in [-0.2, 0) is 30.9 Å². The zero-order valence-electron chi connectivity index (χ0n) is 26.3. The Kier molecular flexibility index (Phi) is 10.1. The van der Waals surface area contributed by atoms with Crippen LogP contribution in [0.25, 0.3) is 0 Å². The summed E-state index contributed by atoms with van der Waals surface area (Å²) in [6.45, 7) is 3.08. The Hall–Kier alpha value is -4.48. The molecule has 2 fully saturated rings. The Morgan fingerprint density at radius 1 is 1.10 bits per heavy atom. The number of nitrogens with one attached hydrogen (secondary N) is 1. The molecule has 17 heteroatoms. The minimum Gasteiger partial charge on any atom is -0.497 e. The van der Waals surface area contributed by atoms with Gasteiger partial charge in [0.25, 0.3) is 11.8 Å². The number of anilines is 1. The van der Waals surface area contributed by atoms with Crippen molar-refractivity contribution in [2.24, 2.45) is 0 Å². The molecule has 258 valence electrons. The van der Waals surface area contributed by atoms with Crippen molar-refractivity contribution in [2.45, 2.75) is 56.6 Å². The predicted octanol–water partition coefficient (Wildman–Crippen LogP) is 3.48. The van der Waals surface area contributed by atoms with Crippen LogP contribution in [-0.4, -0.2) is 97.0 Å². The summed E-state index contributed by atoms with van der Waals surface area (Å²) >= 11 is 0. The Bertz CT molecular complexity index is 1750. The Morgan fingerprint density at radius 3 is 2.33 bits per heavy atom. The topological polar surface area (TPSA) is 152 Å². The molecule has 0 spiro atoms. The van der Waals surface area contributed by atoms with Gasteiger partial charge in [0.05, 0.1) is 36.0 Å². The second-order valence-electron chi connectivity index (χ2n) is 11.5. The second-order valence-corrected chi connectivity index (χ2v) is 13.3. The van der Waals surface area contributed by atoms with E-state index in [1.54, 1.807) is 26.0 Å². The number of carbonyl (C=O) groups is 3. The maximum absolute atomic E-state index is 13.8. The number of benzene rings is 1. The quantitative estimate of drug-likeness (QED) is 0.296. The minimum absolute atomic E-state index is 0.0157. The van der Waals surface area contributed by atoms with Gasteiger partial charge in [0.2, 0.25) is 16.3 Å². The van der Waals surface area contributed by atoms with Crippen LogP contribution in [0.15, 0.2) is 58.3 Å². The molecule has 0 bridgehead atoms. The normalized spacial score (nSPS) is 16.4. The number of aromatic nitrogens is 1. The molecule has 1 saturated carbocycles. The number of hydrogen-bond acceptors (Lipinski definition) is 10. The highest BCUT2D eigenvalue weighted by Gasteiger charge is 2.45. The van der Waals surface area contributed by atoms with Crippen molar-refractivity contribution in [3.8, 4) is 5.75 Å². The molecule has 1 unspecified atom stereocenters. The lowest BCUT2D eigenvalue weighted by atomic mass is 10.1. The first-order chi connectivity index (χ1) is 22.7. The highest BCUT2D eigenvalue weighted by molar-refractivity contribution is 7.89. The van der Waals surface area contributed by atoms with Crippen molar-refractivity contribution in [1.29, 1.82) is 0 Å². The summed E-state index contributed by atoms with van der Waals surface area (Å²) in [5, 5.41) is 2.39. The number of methoxy groups -OCH3 is 1. The van der Waals surface area contributed by atoms with Gasteiger partial charge < -0.3 is 24.1 Å². The molecular weight excluding hydrogens is 659 g/mol. The highest BCUT2D eigenvalue weighted by Crippen LogP contribution is 2.37. The van der Waals surface area contributed by atoms with E-state index in [2.05, 4.69) is 15.0 Å². The zero-order chi connectivity index (χ0) is 34.8. The molecule has 5 rings (SSSR count). The van der Waals surface area contributed by atoms with Crippen molar-refractivity contribution in [2.75, 3.05) is 38.6 Å². The third-order valence-electron chi connectivity index (χ3n) is 7.94. The zero-order valence-corrected chi connectivity index (χ0v) is 27.1. The van der Waals surface area contributed by atoms with Gasteiger partial charge in [-0.05, 0) is 68.1 Å². The standard InChI is InChI=1S/C31H34F3N5O8S/c1-19-13-24(45-3)14-20(2)26(19)48(43,44)39(23-6-7-23)17-25-15-21(18-46-25)28(41)37-9-11-38(12-10-37)29(47-30(42)31(32,33)34)27(40)36-22-5-4-8-35-16-22/h4-5,8,13-16,18,23,29H,6-7,9-12,17H2,1-3H3,(H,36,40). The van der Waals surface area contributed by atoms with Crippen LogP contribution in [0.5, 0.6) is 5.75 Å². The van der Waals surface area contributed by atoms with Gasteiger partial charge in [-0.3, -0.25) is 19.5 Å². The number of alkyl halides is 3. The SMILES string of the molecule is COc1cc(C)c(S(=O)(=O)N(Cc2cc(C(=O)N3CCN(C(OC(=O)C(F)(F)F)C(=O)Nc4cccnc4)CC3)co2)C2CC2)c(C)c1. The van der Waals surface area contributed by atoms with E-state index in [1.165, 1.54) is 58.1 Å². The highest BCUT2D eigenvalue weighted by atomic mass is 32.2. The van der Waals surface area contributed by atoms with Crippen LogP contribution in [0.2, 0.25) is 0 Å². The molecule has 2 aromatic heterocycles. The van der Waals surface area contributed by atoms with Gasteiger partial charge >= 0.3 is 12.1 Å². The van der Waals surface area contributed by atoms with Crippen molar-refractivity contribution in [3.63, 3.8) is 0 Å². The summed E-state index contributed by atoms with van der Waals surface area (Å²) in [7, 11) is -2.43. The molecule has 48 heavy (non-hydrogen) atoms. The summed E-state index contributed by atoms with van der Waals surface area (Å²) in [6.07, 6.45) is -1.95. The number of hydrogen-bond donors (Lipinski definition) is 1. The maximum atomic E-state index is 13.8. The number of carbonyl (C=O) groups excluding carboxylic acids is 3. The Balaban J connectivity index is 1.26. The number of esters is 1. The van der Waals surface area contributed by atoms with Gasteiger partial charge in [-0.15, -0.1) is 0 Å². The fourth-order valence-corrected chi connectivity index (χ4v) is 7.57. The van der Waals surface area contributed by atoms with E-state index < -0.39 is 40.2 Å². The maximum Gasteiger partial charge on any atom is 0.490 e. The molecule has 1 aromatic carbocycles. The van der Waals surface area contributed by atoms with Gasteiger partial charge in [0, 0.05) is 38.4 Å². The molecule has 13 nitrogen and oxygen atoms in total. The second kappa shape index (κ2) is 13.9. The fraction of sp³-hybridized carbons (Fsp3) is 0.419. The molecule has 2 aliphatic rings. The van der Waals surface area contributed by atoms with Crippen LogP contribution >= 0.6 is 0 Å². The Morgan fingerprint density at radius 2 is 1.77 bits per heavy atom. The van der Waals surface area contributed by atoms with E-state index in [1.807, 2.05) is 0 Å². The summed E-state index contributed by atoms with van der Waals surface area (Å²) in [4.78, 5) is 44.6. The predicted molar refractivity (Wildman–Crippen MR) is 163 cm³/mol.